The SMILES string of the molecule is CC(CCNC1CCC(Nc2nc3c(c(N(C)C)n2)CCCC3)CC1)c1ccccc1. The number of aryl methyl sites for hydroxylation is 1. The molecule has 0 saturated heterocycles. The van der Waals surface area contributed by atoms with Crippen LogP contribution >= 0.6 is 0 Å². The predicted octanol–water partition coefficient (Wildman–Crippen LogP) is 4.93. The van der Waals surface area contributed by atoms with Crippen molar-refractivity contribution in [3.8, 4) is 0 Å². The third-order valence-electron chi connectivity index (χ3n) is 7.02. The summed E-state index contributed by atoms with van der Waals surface area (Å²) in [6, 6.07) is 12.0. The third-order valence-corrected chi connectivity index (χ3v) is 7.02. The quantitative estimate of drug-likeness (QED) is 0.633. The van der Waals surface area contributed by atoms with E-state index in [0.717, 1.165) is 31.2 Å². The number of rotatable bonds is 8. The van der Waals surface area contributed by atoms with E-state index in [1.54, 1.807) is 0 Å². The predicted molar refractivity (Wildman–Crippen MR) is 130 cm³/mol. The standard InChI is InChI=1S/C26H39N5/c1-19(20-9-5-4-6-10-20)17-18-27-21-13-15-22(16-14-21)28-26-29-24-12-8-7-11-23(24)25(30-26)31(2)3/h4-6,9-10,19,21-22,27H,7-8,11-18H2,1-3H3,(H,28,29,30). The summed E-state index contributed by atoms with van der Waals surface area (Å²) >= 11 is 0. The summed E-state index contributed by atoms with van der Waals surface area (Å²) in [6.07, 6.45) is 10.7. The summed E-state index contributed by atoms with van der Waals surface area (Å²) in [5.41, 5.74) is 4.06. The zero-order chi connectivity index (χ0) is 21.6. The van der Waals surface area contributed by atoms with E-state index in [9.17, 15) is 0 Å². The minimum absolute atomic E-state index is 0.484. The van der Waals surface area contributed by atoms with Gasteiger partial charge in [-0.05, 0) is 75.8 Å². The molecule has 1 atom stereocenters. The maximum absolute atomic E-state index is 4.90. The van der Waals surface area contributed by atoms with Crippen LogP contribution in [0.15, 0.2) is 30.3 Å². The molecule has 1 heterocycles. The fourth-order valence-corrected chi connectivity index (χ4v) is 5.09. The average molecular weight is 422 g/mol. The molecule has 0 amide bonds. The first kappa shape index (κ1) is 22.1. The number of nitrogens with one attached hydrogen (secondary N) is 2. The molecule has 1 aromatic heterocycles. The molecule has 168 valence electrons. The number of aromatic nitrogens is 2. The van der Waals surface area contributed by atoms with E-state index in [0.29, 0.717) is 18.0 Å². The Balaban J connectivity index is 1.24. The minimum atomic E-state index is 0.484. The highest BCUT2D eigenvalue weighted by Crippen LogP contribution is 2.29. The van der Waals surface area contributed by atoms with Gasteiger partial charge in [-0.15, -0.1) is 0 Å². The Labute approximate surface area is 188 Å². The molecule has 1 aromatic carbocycles. The zero-order valence-corrected chi connectivity index (χ0v) is 19.5. The average Bonchev–Trinajstić information content (AvgIpc) is 2.80. The fourth-order valence-electron chi connectivity index (χ4n) is 5.09. The lowest BCUT2D eigenvalue weighted by molar-refractivity contribution is 0.349. The van der Waals surface area contributed by atoms with E-state index in [-0.39, 0.29) is 0 Å². The van der Waals surface area contributed by atoms with Crippen molar-refractivity contribution in [1.82, 2.24) is 15.3 Å². The van der Waals surface area contributed by atoms with Crippen molar-refractivity contribution < 1.29 is 0 Å². The van der Waals surface area contributed by atoms with Gasteiger partial charge in [0.05, 0.1) is 5.69 Å². The summed E-state index contributed by atoms with van der Waals surface area (Å²) in [5.74, 6) is 2.55. The van der Waals surface area contributed by atoms with Gasteiger partial charge in [-0.1, -0.05) is 37.3 Å². The molecule has 2 N–H and O–H groups in total. The first-order valence-electron chi connectivity index (χ1n) is 12.2. The number of hydrogen-bond acceptors (Lipinski definition) is 5. The Morgan fingerprint density at radius 2 is 1.68 bits per heavy atom. The van der Waals surface area contributed by atoms with E-state index < -0.39 is 0 Å². The van der Waals surface area contributed by atoms with E-state index in [4.69, 9.17) is 9.97 Å². The molecule has 1 unspecified atom stereocenters. The van der Waals surface area contributed by atoms with Crippen LogP contribution in [-0.2, 0) is 12.8 Å². The van der Waals surface area contributed by atoms with Crippen molar-refractivity contribution in [2.24, 2.45) is 0 Å². The Kier molecular flexibility index (Phi) is 7.44. The Hall–Kier alpha value is -2.14. The highest BCUT2D eigenvalue weighted by atomic mass is 15.2. The summed E-state index contributed by atoms with van der Waals surface area (Å²) in [5, 5.41) is 7.47. The second kappa shape index (κ2) is 10.4. The maximum Gasteiger partial charge on any atom is 0.225 e. The molecule has 31 heavy (non-hydrogen) atoms. The van der Waals surface area contributed by atoms with Gasteiger partial charge in [-0.25, -0.2) is 4.98 Å². The normalized spacial score (nSPS) is 21.9. The van der Waals surface area contributed by atoms with Crippen LogP contribution in [0.1, 0.15) is 74.6 Å². The van der Waals surface area contributed by atoms with Crippen LogP contribution in [0.5, 0.6) is 0 Å². The fraction of sp³-hybridized carbons (Fsp3) is 0.615. The lowest BCUT2D eigenvalue weighted by atomic mass is 9.90. The summed E-state index contributed by atoms with van der Waals surface area (Å²) in [4.78, 5) is 11.9. The summed E-state index contributed by atoms with van der Waals surface area (Å²) < 4.78 is 0. The molecule has 1 saturated carbocycles. The second-order valence-corrected chi connectivity index (χ2v) is 9.65. The number of hydrogen-bond donors (Lipinski definition) is 2. The van der Waals surface area contributed by atoms with Crippen LogP contribution < -0.4 is 15.5 Å². The maximum atomic E-state index is 4.90. The van der Waals surface area contributed by atoms with E-state index >= 15 is 0 Å². The van der Waals surface area contributed by atoms with E-state index in [1.165, 1.54) is 61.8 Å². The first-order valence-corrected chi connectivity index (χ1v) is 12.2. The summed E-state index contributed by atoms with van der Waals surface area (Å²) in [6.45, 7) is 3.43. The molecule has 0 bridgehead atoms. The molecule has 5 nitrogen and oxygen atoms in total. The number of benzene rings is 1. The van der Waals surface area contributed by atoms with Gasteiger partial charge in [-0.2, -0.15) is 4.98 Å². The van der Waals surface area contributed by atoms with Gasteiger partial charge < -0.3 is 15.5 Å². The molecule has 1 fully saturated rings. The third kappa shape index (κ3) is 5.76. The largest absolute Gasteiger partial charge is 0.362 e. The lowest BCUT2D eigenvalue weighted by Gasteiger charge is -2.31. The van der Waals surface area contributed by atoms with Gasteiger partial charge in [0.1, 0.15) is 5.82 Å². The van der Waals surface area contributed by atoms with E-state index in [1.807, 2.05) is 0 Å². The topological polar surface area (TPSA) is 53.1 Å². The monoisotopic (exact) mass is 421 g/mol. The molecule has 0 radical (unpaired) electrons. The Morgan fingerprint density at radius 1 is 0.968 bits per heavy atom. The van der Waals surface area contributed by atoms with Gasteiger partial charge in [0.25, 0.3) is 0 Å². The molecular formula is C26H39N5. The minimum Gasteiger partial charge on any atom is -0.362 e. The highest BCUT2D eigenvalue weighted by Gasteiger charge is 2.24. The van der Waals surface area contributed by atoms with E-state index in [2.05, 4.69) is 66.9 Å². The van der Waals surface area contributed by atoms with Crippen LogP contribution in [0.4, 0.5) is 11.8 Å². The van der Waals surface area contributed by atoms with Crippen LogP contribution in [0.25, 0.3) is 0 Å². The van der Waals surface area contributed by atoms with Crippen LogP contribution in [0.3, 0.4) is 0 Å². The molecule has 2 aliphatic rings. The second-order valence-electron chi connectivity index (χ2n) is 9.65. The molecular weight excluding hydrogens is 382 g/mol. The van der Waals surface area contributed by atoms with Crippen molar-refractivity contribution in [3.05, 3.63) is 47.2 Å². The highest BCUT2D eigenvalue weighted by molar-refractivity contribution is 5.52. The first-order chi connectivity index (χ1) is 15.1. The zero-order valence-electron chi connectivity index (χ0n) is 19.5. The van der Waals surface area contributed by atoms with Gasteiger partial charge >= 0.3 is 0 Å². The van der Waals surface area contributed by atoms with Crippen molar-refractivity contribution in [2.45, 2.75) is 82.7 Å². The van der Waals surface area contributed by atoms with Crippen LogP contribution in [0, 0.1) is 0 Å². The molecule has 4 rings (SSSR count). The number of nitrogens with zero attached hydrogens (tertiary/aromatic N) is 3. The van der Waals surface area contributed by atoms with Crippen molar-refractivity contribution in [3.63, 3.8) is 0 Å². The smallest absolute Gasteiger partial charge is 0.225 e. The van der Waals surface area contributed by atoms with Crippen LogP contribution in [0.2, 0.25) is 0 Å². The van der Waals surface area contributed by atoms with Crippen molar-refractivity contribution in [1.29, 1.82) is 0 Å². The lowest BCUT2D eigenvalue weighted by Crippen LogP contribution is -2.38. The van der Waals surface area contributed by atoms with Gasteiger partial charge in [0.2, 0.25) is 5.95 Å². The Morgan fingerprint density at radius 3 is 2.42 bits per heavy atom. The van der Waals surface area contributed by atoms with Gasteiger partial charge in [-0.3, -0.25) is 0 Å². The molecule has 5 heteroatoms. The van der Waals surface area contributed by atoms with Gasteiger partial charge in [0.15, 0.2) is 0 Å². The summed E-state index contributed by atoms with van der Waals surface area (Å²) in [7, 11) is 4.19. The number of fused-ring (bicyclic) bond motifs is 1. The van der Waals surface area contributed by atoms with Gasteiger partial charge in [0, 0.05) is 31.7 Å². The van der Waals surface area contributed by atoms with Crippen molar-refractivity contribution >= 4 is 11.8 Å². The van der Waals surface area contributed by atoms with Crippen molar-refractivity contribution in [2.75, 3.05) is 30.9 Å². The molecule has 2 aliphatic carbocycles. The van der Waals surface area contributed by atoms with Crippen LogP contribution in [-0.4, -0.2) is 42.7 Å². The Bertz CT molecular complexity index is 827. The number of anilines is 2. The molecule has 0 aliphatic heterocycles. The molecule has 2 aromatic rings. The molecule has 0 spiro atoms.